The second-order valence-electron chi connectivity index (χ2n) is 6.39. The lowest BCUT2D eigenvalue weighted by Crippen LogP contribution is -2.36. The van der Waals surface area contributed by atoms with Crippen LogP contribution in [-0.2, 0) is 14.3 Å². The molecule has 1 saturated heterocycles. The van der Waals surface area contributed by atoms with Crippen LogP contribution in [0.5, 0.6) is 0 Å². The van der Waals surface area contributed by atoms with Crippen molar-refractivity contribution in [2.24, 2.45) is 5.92 Å². The lowest BCUT2D eigenvalue weighted by molar-refractivity contribution is -0.156. The van der Waals surface area contributed by atoms with Crippen LogP contribution in [0.1, 0.15) is 33.1 Å². The van der Waals surface area contributed by atoms with Crippen molar-refractivity contribution in [2.45, 2.75) is 43.9 Å². The summed E-state index contributed by atoms with van der Waals surface area (Å²) >= 11 is 1.25. The van der Waals surface area contributed by atoms with Crippen molar-refractivity contribution >= 4 is 23.5 Å². The van der Waals surface area contributed by atoms with Gasteiger partial charge >= 0.3 is 5.97 Å². The van der Waals surface area contributed by atoms with Crippen LogP contribution in [-0.4, -0.2) is 38.3 Å². The Balaban J connectivity index is 1.60. The van der Waals surface area contributed by atoms with E-state index in [1.54, 1.807) is 6.92 Å². The lowest BCUT2D eigenvalue weighted by Gasteiger charge is -2.20. The molecule has 0 amide bonds. The molecule has 1 aromatic carbocycles. The molecule has 0 aliphatic carbocycles. The van der Waals surface area contributed by atoms with Gasteiger partial charge in [0, 0.05) is 12.0 Å². The van der Waals surface area contributed by atoms with Gasteiger partial charge in [-0.1, -0.05) is 55.4 Å². The molecule has 0 saturated carbocycles. The molecule has 1 fully saturated rings. The molecule has 0 bridgehead atoms. The van der Waals surface area contributed by atoms with Crippen LogP contribution >= 0.6 is 11.8 Å². The molecule has 2 heterocycles. The van der Waals surface area contributed by atoms with Gasteiger partial charge < -0.3 is 4.74 Å². The number of Topliss-reactive ketones (excluding diaryl/α,β-unsaturated/α-hetero) is 1. The summed E-state index contributed by atoms with van der Waals surface area (Å²) in [5, 5.41) is 7.52. The minimum atomic E-state index is -1.03. The SMILES string of the molecule is CCC[C@@H]1C[C@](C)(C(=O)CSc2n[nH]c(-c3ccccc3)n2)OC1=O. The first-order valence-corrected chi connectivity index (χ1v) is 9.37. The number of rotatable bonds is 7. The molecular formula is C18H21N3O3S. The van der Waals surface area contributed by atoms with E-state index < -0.39 is 5.60 Å². The molecule has 1 aliphatic heterocycles. The molecule has 2 atom stereocenters. The summed E-state index contributed by atoms with van der Waals surface area (Å²) in [5.74, 6) is 0.311. The Labute approximate surface area is 150 Å². The highest BCUT2D eigenvalue weighted by atomic mass is 32.2. The number of aromatic amines is 1. The smallest absolute Gasteiger partial charge is 0.310 e. The number of nitrogens with one attached hydrogen (secondary N) is 1. The van der Waals surface area contributed by atoms with Crippen molar-refractivity contribution in [3.8, 4) is 11.4 Å². The van der Waals surface area contributed by atoms with Gasteiger partial charge in [0.25, 0.3) is 0 Å². The third-order valence-electron chi connectivity index (χ3n) is 4.37. The van der Waals surface area contributed by atoms with Gasteiger partial charge in [-0.3, -0.25) is 14.7 Å². The van der Waals surface area contributed by atoms with E-state index in [4.69, 9.17) is 4.74 Å². The zero-order valence-electron chi connectivity index (χ0n) is 14.3. The Kier molecular flexibility index (Phi) is 5.22. The quantitative estimate of drug-likeness (QED) is 0.603. The van der Waals surface area contributed by atoms with Crippen LogP contribution in [0.25, 0.3) is 11.4 Å². The van der Waals surface area contributed by atoms with Crippen molar-refractivity contribution < 1.29 is 14.3 Å². The summed E-state index contributed by atoms with van der Waals surface area (Å²) in [6.45, 7) is 3.73. The fourth-order valence-electron chi connectivity index (χ4n) is 2.96. The van der Waals surface area contributed by atoms with E-state index in [0.717, 1.165) is 18.4 Å². The van der Waals surface area contributed by atoms with Crippen LogP contribution in [0.2, 0.25) is 0 Å². The summed E-state index contributed by atoms with van der Waals surface area (Å²) in [5.41, 5.74) is -0.0880. The Morgan fingerprint density at radius 3 is 2.88 bits per heavy atom. The maximum Gasteiger partial charge on any atom is 0.310 e. The van der Waals surface area contributed by atoms with Crippen LogP contribution in [0.3, 0.4) is 0 Å². The Morgan fingerprint density at radius 1 is 1.40 bits per heavy atom. The van der Waals surface area contributed by atoms with E-state index in [9.17, 15) is 9.59 Å². The highest BCUT2D eigenvalue weighted by molar-refractivity contribution is 7.99. The molecule has 7 heteroatoms. The first-order valence-electron chi connectivity index (χ1n) is 8.38. The number of ether oxygens (including phenoxy) is 1. The number of cyclic esters (lactones) is 1. The van der Waals surface area contributed by atoms with Crippen molar-refractivity contribution in [3.05, 3.63) is 30.3 Å². The third-order valence-corrected chi connectivity index (χ3v) is 5.21. The number of esters is 1. The van der Waals surface area contributed by atoms with Crippen LogP contribution in [0.15, 0.2) is 35.5 Å². The summed E-state index contributed by atoms with van der Waals surface area (Å²) in [7, 11) is 0. The zero-order valence-corrected chi connectivity index (χ0v) is 15.1. The number of aromatic nitrogens is 3. The van der Waals surface area contributed by atoms with Crippen LogP contribution in [0.4, 0.5) is 0 Å². The number of benzene rings is 1. The van der Waals surface area contributed by atoms with Crippen molar-refractivity contribution in [1.29, 1.82) is 0 Å². The number of carbonyl (C=O) groups is 2. The van der Waals surface area contributed by atoms with Crippen molar-refractivity contribution in [1.82, 2.24) is 15.2 Å². The van der Waals surface area contributed by atoms with E-state index in [1.165, 1.54) is 11.8 Å². The maximum absolute atomic E-state index is 12.5. The van der Waals surface area contributed by atoms with E-state index in [1.807, 2.05) is 37.3 Å². The fraction of sp³-hybridized carbons (Fsp3) is 0.444. The molecule has 0 spiro atoms. The number of hydrogen-bond donors (Lipinski definition) is 1. The molecule has 1 aliphatic rings. The monoisotopic (exact) mass is 359 g/mol. The van der Waals surface area contributed by atoms with Crippen LogP contribution in [0, 0.1) is 5.92 Å². The highest BCUT2D eigenvalue weighted by Crippen LogP contribution is 2.35. The lowest BCUT2D eigenvalue weighted by atomic mass is 9.90. The maximum atomic E-state index is 12.5. The number of hydrogen-bond acceptors (Lipinski definition) is 6. The molecule has 1 aromatic heterocycles. The van der Waals surface area contributed by atoms with Gasteiger partial charge in [0.2, 0.25) is 5.16 Å². The van der Waals surface area contributed by atoms with E-state index in [2.05, 4.69) is 15.2 Å². The predicted molar refractivity (Wildman–Crippen MR) is 95.1 cm³/mol. The van der Waals surface area contributed by atoms with E-state index in [-0.39, 0.29) is 23.4 Å². The average molecular weight is 359 g/mol. The van der Waals surface area contributed by atoms with Gasteiger partial charge in [-0.2, -0.15) is 0 Å². The number of nitrogens with zero attached hydrogens (tertiary/aromatic N) is 2. The van der Waals surface area contributed by atoms with Crippen LogP contribution < -0.4 is 0 Å². The Morgan fingerprint density at radius 2 is 2.16 bits per heavy atom. The summed E-state index contributed by atoms with van der Waals surface area (Å²) in [4.78, 5) is 28.9. The molecule has 0 radical (unpaired) electrons. The molecular weight excluding hydrogens is 338 g/mol. The zero-order chi connectivity index (χ0) is 17.9. The minimum Gasteiger partial charge on any atom is -0.451 e. The van der Waals surface area contributed by atoms with E-state index in [0.29, 0.717) is 17.4 Å². The third kappa shape index (κ3) is 3.92. The van der Waals surface area contributed by atoms with Gasteiger partial charge in [0.15, 0.2) is 17.2 Å². The predicted octanol–water partition coefficient (Wildman–Crippen LogP) is 3.25. The molecule has 2 aromatic rings. The van der Waals surface area contributed by atoms with Crippen molar-refractivity contribution in [3.63, 3.8) is 0 Å². The van der Waals surface area contributed by atoms with Gasteiger partial charge in [-0.05, 0) is 13.3 Å². The summed E-state index contributed by atoms with van der Waals surface area (Å²) in [6.07, 6.45) is 2.12. The van der Waals surface area contributed by atoms with Gasteiger partial charge in [-0.15, -0.1) is 5.10 Å². The average Bonchev–Trinajstić information content (AvgIpc) is 3.19. The minimum absolute atomic E-state index is 0.101. The van der Waals surface area contributed by atoms with Gasteiger partial charge in [0.05, 0.1) is 11.7 Å². The standard InChI is InChI=1S/C18H21N3O3S/c1-3-7-13-10-18(2,24-16(13)23)14(22)11-25-17-19-15(20-21-17)12-8-5-4-6-9-12/h4-6,8-9,13H,3,7,10-11H2,1-2H3,(H,19,20,21)/t13-,18-/m1/s1. The number of H-pyrrole nitrogens is 1. The van der Waals surface area contributed by atoms with Crippen molar-refractivity contribution in [2.75, 3.05) is 5.75 Å². The molecule has 1 N–H and O–H groups in total. The highest BCUT2D eigenvalue weighted by Gasteiger charge is 2.47. The van der Waals surface area contributed by atoms with Gasteiger partial charge in [0.1, 0.15) is 0 Å². The molecule has 25 heavy (non-hydrogen) atoms. The number of carbonyl (C=O) groups excluding carboxylic acids is 2. The summed E-state index contributed by atoms with van der Waals surface area (Å²) < 4.78 is 5.39. The molecule has 0 unspecified atom stereocenters. The number of thioether (sulfide) groups is 1. The first kappa shape index (κ1) is 17.7. The summed E-state index contributed by atoms with van der Waals surface area (Å²) in [6, 6.07) is 9.66. The second-order valence-corrected chi connectivity index (χ2v) is 7.33. The molecule has 6 nitrogen and oxygen atoms in total. The topological polar surface area (TPSA) is 84.9 Å². The molecule has 132 valence electrons. The Bertz CT molecular complexity index is 762. The first-order chi connectivity index (χ1) is 12.0. The fourth-order valence-corrected chi connectivity index (χ4v) is 3.79. The normalized spacial score (nSPS) is 22.8. The van der Waals surface area contributed by atoms with Gasteiger partial charge in [-0.25, -0.2) is 4.98 Å². The molecule has 3 rings (SSSR count). The Hall–Kier alpha value is -2.15. The largest absolute Gasteiger partial charge is 0.451 e. The second kappa shape index (κ2) is 7.39. The number of ketones is 1. The van der Waals surface area contributed by atoms with E-state index >= 15 is 0 Å².